The van der Waals surface area contributed by atoms with Crippen LogP contribution in [-0.2, 0) is 6.54 Å². The van der Waals surface area contributed by atoms with Gasteiger partial charge in [-0.3, -0.25) is 4.79 Å². The van der Waals surface area contributed by atoms with Crippen LogP contribution in [0.15, 0.2) is 47.1 Å². The van der Waals surface area contributed by atoms with Gasteiger partial charge in [-0.2, -0.15) is 4.68 Å². The van der Waals surface area contributed by atoms with Gasteiger partial charge in [0.1, 0.15) is 5.82 Å². The van der Waals surface area contributed by atoms with Gasteiger partial charge in [0, 0.05) is 0 Å². The lowest BCUT2D eigenvalue weighted by atomic mass is 10.3. The van der Waals surface area contributed by atoms with Crippen molar-refractivity contribution < 1.29 is 13.6 Å². The van der Waals surface area contributed by atoms with Crippen LogP contribution in [0.4, 0.5) is 4.39 Å². The fourth-order valence-corrected chi connectivity index (χ4v) is 1.75. The molecule has 2 aromatic heterocycles. The zero-order valence-corrected chi connectivity index (χ0v) is 10.7. The fourth-order valence-electron chi connectivity index (χ4n) is 1.75. The average molecular weight is 287 g/mol. The molecule has 0 radical (unpaired) electrons. The van der Waals surface area contributed by atoms with Crippen molar-refractivity contribution in [3.8, 4) is 5.69 Å². The summed E-state index contributed by atoms with van der Waals surface area (Å²) in [4.78, 5) is 11.8. The van der Waals surface area contributed by atoms with Gasteiger partial charge in [0.2, 0.25) is 0 Å². The smallest absolute Gasteiger partial charge is 0.287 e. The number of tetrazole rings is 1. The molecule has 7 nitrogen and oxygen atoms in total. The summed E-state index contributed by atoms with van der Waals surface area (Å²) in [7, 11) is 0. The second-order valence-electron chi connectivity index (χ2n) is 4.14. The van der Waals surface area contributed by atoms with E-state index in [2.05, 4.69) is 20.8 Å². The van der Waals surface area contributed by atoms with E-state index in [9.17, 15) is 9.18 Å². The van der Waals surface area contributed by atoms with Crippen LogP contribution in [-0.4, -0.2) is 26.1 Å². The predicted octanol–water partition coefficient (Wildman–Crippen LogP) is 1.32. The molecule has 0 aliphatic carbocycles. The number of amides is 1. The van der Waals surface area contributed by atoms with Crippen molar-refractivity contribution in [2.24, 2.45) is 0 Å². The maximum absolute atomic E-state index is 12.9. The van der Waals surface area contributed by atoms with Gasteiger partial charge in [0.15, 0.2) is 11.6 Å². The molecule has 2 heterocycles. The summed E-state index contributed by atoms with van der Waals surface area (Å²) in [5.74, 6) is -0.0922. The molecule has 0 saturated carbocycles. The van der Waals surface area contributed by atoms with E-state index in [-0.39, 0.29) is 24.0 Å². The number of carbonyl (C=O) groups excluding carboxylic acids is 1. The molecule has 0 bridgehead atoms. The van der Waals surface area contributed by atoms with Crippen LogP contribution in [0.2, 0.25) is 0 Å². The molecule has 1 N–H and O–H groups in total. The van der Waals surface area contributed by atoms with E-state index < -0.39 is 0 Å². The lowest BCUT2D eigenvalue weighted by molar-refractivity contribution is 0.0922. The van der Waals surface area contributed by atoms with Crippen LogP contribution in [0.3, 0.4) is 0 Å². The summed E-state index contributed by atoms with van der Waals surface area (Å²) in [6, 6.07) is 8.88. The second-order valence-corrected chi connectivity index (χ2v) is 4.14. The molecule has 3 rings (SSSR count). The highest BCUT2D eigenvalue weighted by Gasteiger charge is 2.12. The van der Waals surface area contributed by atoms with Crippen molar-refractivity contribution >= 4 is 5.91 Å². The molecule has 8 heteroatoms. The fraction of sp³-hybridized carbons (Fsp3) is 0.0769. The molecule has 0 fully saturated rings. The van der Waals surface area contributed by atoms with E-state index in [0.29, 0.717) is 11.5 Å². The van der Waals surface area contributed by atoms with Crippen LogP contribution in [0, 0.1) is 5.82 Å². The van der Waals surface area contributed by atoms with Crippen molar-refractivity contribution in [1.29, 1.82) is 0 Å². The van der Waals surface area contributed by atoms with Crippen molar-refractivity contribution in [2.45, 2.75) is 6.54 Å². The normalized spacial score (nSPS) is 10.5. The van der Waals surface area contributed by atoms with Gasteiger partial charge in [0.25, 0.3) is 5.91 Å². The first-order chi connectivity index (χ1) is 10.2. The van der Waals surface area contributed by atoms with E-state index in [0.717, 1.165) is 0 Å². The van der Waals surface area contributed by atoms with Crippen LogP contribution in [0.5, 0.6) is 0 Å². The minimum Gasteiger partial charge on any atom is -0.459 e. The molecule has 0 aliphatic rings. The summed E-state index contributed by atoms with van der Waals surface area (Å²) in [6.07, 6.45) is 1.41. The summed E-state index contributed by atoms with van der Waals surface area (Å²) < 4.78 is 19.3. The van der Waals surface area contributed by atoms with E-state index in [1.165, 1.54) is 23.1 Å². The molecule has 3 aromatic rings. The standard InChI is InChI=1S/C13H10FN5O2/c14-9-3-5-10(6-4-9)19-12(16-17-18-19)8-15-13(20)11-2-1-7-21-11/h1-7H,8H2,(H,15,20). The van der Waals surface area contributed by atoms with Gasteiger partial charge in [-0.25, -0.2) is 4.39 Å². The molecule has 1 amide bonds. The lowest BCUT2D eigenvalue weighted by Gasteiger charge is -2.05. The molecular weight excluding hydrogens is 277 g/mol. The molecule has 0 unspecified atom stereocenters. The Morgan fingerprint density at radius 2 is 2.10 bits per heavy atom. The first-order valence-electron chi connectivity index (χ1n) is 6.09. The van der Waals surface area contributed by atoms with Gasteiger partial charge >= 0.3 is 0 Å². The minimum absolute atomic E-state index is 0.115. The number of furan rings is 1. The van der Waals surface area contributed by atoms with E-state index in [4.69, 9.17) is 4.42 Å². The average Bonchev–Trinajstić information content (AvgIpc) is 3.17. The van der Waals surface area contributed by atoms with E-state index in [1.54, 1.807) is 24.3 Å². The van der Waals surface area contributed by atoms with Crippen molar-refractivity contribution in [3.63, 3.8) is 0 Å². The zero-order valence-electron chi connectivity index (χ0n) is 10.7. The van der Waals surface area contributed by atoms with Crippen LogP contribution in [0.25, 0.3) is 5.69 Å². The Balaban J connectivity index is 1.74. The van der Waals surface area contributed by atoms with Gasteiger partial charge in [-0.1, -0.05) is 0 Å². The minimum atomic E-state index is -0.367. The molecule has 21 heavy (non-hydrogen) atoms. The van der Waals surface area contributed by atoms with Gasteiger partial charge in [0.05, 0.1) is 18.5 Å². The number of carbonyl (C=O) groups is 1. The number of benzene rings is 1. The van der Waals surface area contributed by atoms with Crippen LogP contribution < -0.4 is 5.32 Å². The topological polar surface area (TPSA) is 85.8 Å². The van der Waals surface area contributed by atoms with Gasteiger partial charge < -0.3 is 9.73 Å². The number of nitrogens with zero attached hydrogens (tertiary/aromatic N) is 4. The van der Waals surface area contributed by atoms with Gasteiger partial charge in [-0.15, -0.1) is 5.10 Å². The number of rotatable bonds is 4. The Bertz CT molecular complexity index is 736. The maximum Gasteiger partial charge on any atom is 0.287 e. The second kappa shape index (κ2) is 5.53. The van der Waals surface area contributed by atoms with Crippen molar-refractivity contribution in [3.05, 3.63) is 60.1 Å². The predicted molar refractivity (Wildman–Crippen MR) is 69.0 cm³/mol. The number of nitrogens with one attached hydrogen (secondary N) is 1. The highest BCUT2D eigenvalue weighted by molar-refractivity contribution is 5.91. The Kier molecular flexibility index (Phi) is 3.42. The molecule has 0 spiro atoms. The third kappa shape index (κ3) is 2.78. The first kappa shape index (κ1) is 13.0. The molecule has 1 aromatic carbocycles. The Labute approximate surface area is 118 Å². The highest BCUT2D eigenvalue weighted by atomic mass is 19.1. The van der Waals surface area contributed by atoms with E-state index >= 15 is 0 Å². The highest BCUT2D eigenvalue weighted by Crippen LogP contribution is 2.09. The zero-order chi connectivity index (χ0) is 14.7. The summed E-state index contributed by atoms with van der Waals surface area (Å²) in [6.45, 7) is 0.115. The third-order valence-electron chi connectivity index (χ3n) is 2.76. The lowest BCUT2D eigenvalue weighted by Crippen LogP contribution is -2.24. The number of halogens is 1. The molecule has 106 valence electrons. The summed E-state index contributed by atoms with van der Waals surface area (Å²) in [5, 5.41) is 13.8. The molecule has 0 aliphatic heterocycles. The summed E-state index contributed by atoms with van der Waals surface area (Å²) in [5.41, 5.74) is 0.601. The largest absolute Gasteiger partial charge is 0.459 e. The van der Waals surface area contributed by atoms with Crippen molar-refractivity contribution in [2.75, 3.05) is 0 Å². The Morgan fingerprint density at radius 3 is 2.81 bits per heavy atom. The first-order valence-corrected chi connectivity index (χ1v) is 6.09. The summed E-state index contributed by atoms with van der Waals surface area (Å²) >= 11 is 0. The number of hydrogen-bond acceptors (Lipinski definition) is 5. The monoisotopic (exact) mass is 287 g/mol. The maximum atomic E-state index is 12.9. The van der Waals surface area contributed by atoms with Crippen LogP contribution >= 0.6 is 0 Å². The SMILES string of the molecule is O=C(NCc1nnnn1-c1ccc(F)cc1)c1ccco1. The van der Waals surface area contributed by atoms with E-state index in [1.807, 2.05) is 0 Å². The van der Waals surface area contributed by atoms with Crippen LogP contribution in [0.1, 0.15) is 16.4 Å². The quantitative estimate of drug-likeness (QED) is 0.782. The third-order valence-corrected chi connectivity index (χ3v) is 2.76. The number of aromatic nitrogens is 4. The van der Waals surface area contributed by atoms with Crippen molar-refractivity contribution in [1.82, 2.24) is 25.5 Å². The molecular formula is C13H10FN5O2. The number of hydrogen-bond donors (Lipinski definition) is 1. The van der Waals surface area contributed by atoms with Gasteiger partial charge in [-0.05, 0) is 46.8 Å². The Morgan fingerprint density at radius 1 is 1.29 bits per heavy atom. The molecule has 0 saturated heterocycles. The molecule has 0 atom stereocenters. The Hall–Kier alpha value is -3.03.